The van der Waals surface area contributed by atoms with Gasteiger partial charge in [-0.05, 0) is 35.0 Å². The number of pyridine rings is 1. The minimum atomic E-state index is 0.747. The van der Waals surface area contributed by atoms with Crippen molar-refractivity contribution in [3.8, 4) is 0 Å². The lowest BCUT2D eigenvalue weighted by molar-refractivity contribution is 0.738. The van der Waals surface area contributed by atoms with Crippen LogP contribution in [-0.2, 0) is 13.6 Å². The van der Waals surface area contributed by atoms with Crippen molar-refractivity contribution in [2.24, 2.45) is 7.05 Å². The molecule has 0 saturated carbocycles. The van der Waals surface area contributed by atoms with Crippen LogP contribution in [0.15, 0.2) is 41.1 Å². The summed E-state index contributed by atoms with van der Waals surface area (Å²) in [5.41, 5.74) is 4.39. The zero-order valence-corrected chi connectivity index (χ0v) is 13.0. The highest BCUT2D eigenvalue weighted by atomic mass is 79.9. The molecule has 0 amide bonds. The second-order valence-corrected chi connectivity index (χ2v) is 5.68. The van der Waals surface area contributed by atoms with E-state index < -0.39 is 0 Å². The van der Waals surface area contributed by atoms with Gasteiger partial charge in [-0.1, -0.05) is 12.1 Å². The van der Waals surface area contributed by atoms with Crippen molar-refractivity contribution in [1.82, 2.24) is 14.8 Å². The molecule has 0 unspecified atom stereocenters. The number of hydrogen-bond donors (Lipinski definition) is 1. The van der Waals surface area contributed by atoms with Crippen LogP contribution >= 0.6 is 15.9 Å². The topological polar surface area (TPSA) is 42.7 Å². The molecule has 0 bridgehead atoms. The van der Waals surface area contributed by atoms with Gasteiger partial charge in [-0.25, -0.2) is 0 Å². The number of aromatic nitrogens is 3. The zero-order valence-electron chi connectivity index (χ0n) is 11.4. The van der Waals surface area contributed by atoms with E-state index in [-0.39, 0.29) is 0 Å². The van der Waals surface area contributed by atoms with E-state index in [0.29, 0.717) is 0 Å². The normalized spacial score (nSPS) is 10.9. The minimum absolute atomic E-state index is 0.747. The summed E-state index contributed by atoms with van der Waals surface area (Å²) in [5.74, 6) is 0. The predicted octanol–water partition coefficient (Wildman–Crippen LogP) is 3.65. The van der Waals surface area contributed by atoms with Gasteiger partial charge in [0.05, 0.1) is 17.4 Å². The van der Waals surface area contributed by atoms with E-state index in [1.165, 1.54) is 11.3 Å². The third-order valence-electron chi connectivity index (χ3n) is 3.48. The van der Waals surface area contributed by atoms with Crippen LogP contribution in [0.3, 0.4) is 0 Å². The predicted molar refractivity (Wildman–Crippen MR) is 84.7 cm³/mol. The number of rotatable bonds is 3. The van der Waals surface area contributed by atoms with Gasteiger partial charge in [-0.3, -0.25) is 9.67 Å². The molecular formula is C15H15BrN4. The van der Waals surface area contributed by atoms with Gasteiger partial charge in [0.25, 0.3) is 0 Å². The minimum Gasteiger partial charge on any atom is -0.379 e. The Bertz CT molecular complexity index is 764. The van der Waals surface area contributed by atoms with Gasteiger partial charge >= 0.3 is 0 Å². The largest absolute Gasteiger partial charge is 0.379 e. The summed E-state index contributed by atoms with van der Waals surface area (Å²) < 4.78 is 2.88. The van der Waals surface area contributed by atoms with Gasteiger partial charge in [0, 0.05) is 40.9 Å². The lowest BCUT2D eigenvalue weighted by Gasteiger charge is -2.09. The summed E-state index contributed by atoms with van der Waals surface area (Å²) in [6.07, 6.45) is 3.72. The molecule has 2 aromatic heterocycles. The summed E-state index contributed by atoms with van der Waals surface area (Å²) in [5, 5.41) is 8.82. The van der Waals surface area contributed by atoms with E-state index in [0.717, 1.165) is 27.6 Å². The van der Waals surface area contributed by atoms with Crippen molar-refractivity contribution in [2.45, 2.75) is 13.5 Å². The number of benzene rings is 1. The number of aryl methyl sites for hydroxylation is 1. The number of nitrogens with one attached hydrogen (secondary N) is 1. The molecule has 102 valence electrons. The molecule has 20 heavy (non-hydrogen) atoms. The Morgan fingerprint density at radius 2 is 2.15 bits per heavy atom. The van der Waals surface area contributed by atoms with Crippen molar-refractivity contribution < 1.29 is 0 Å². The smallest absolute Gasteiger partial charge is 0.0934 e. The van der Waals surface area contributed by atoms with Crippen LogP contribution in [0.5, 0.6) is 0 Å². The Morgan fingerprint density at radius 3 is 2.90 bits per heavy atom. The van der Waals surface area contributed by atoms with Crippen LogP contribution in [0.1, 0.15) is 11.3 Å². The fraction of sp³-hybridized carbons (Fsp3) is 0.200. The molecule has 0 aliphatic carbocycles. The second-order valence-electron chi connectivity index (χ2n) is 4.76. The van der Waals surface area contributed by atoms with Crippen molar-refractivity contribution in [3.05, 3.63) is 52.4 Å². The highest BCUT2D eigenvalue weighted by molar-refractivity contribution is 9.10. The molecule has 1 aromatic carbocycles. The molecular weight excluding hydrogens is 316 g/mol. The van der Waals surface area contributed by atoms with Crippen molar-refractivity contribution in [1.29, 1.82) is 0 Å². The van der Waals surface area contributed by atoms with Crippen LogP contribution in [0.25, 0.3) is 10.9 Å². The average Bonchev–Trinajstić information content (AvgIpc) is 2.76. The van der Waals surface area contributed by atoms with Gasteiger partial charge in [0.2, 0.25) is 0 Å². The van der Waals surface area contributed by atoms with Crippen molar-refractivity contribution in [2.75, 3.05) is 5.32 Å². The van der Waals surface area contributed by atoms with Crippen LogP contribution in [0.4, 0.5) is 5.69 Å². The standard InChI is InChI=1S/C15H15BrN4/c1-10-12(8-19-20(10)2)7-17-14-5-3-4-11-6-13(16)9-18-15(11)14/h3-6,8-9,17H,7H2,1-2H3. The molecule has 0 spiro atoms. The number of halogens is 1. The highest BCUT2D eigenvalue weighted by Gasteiger charge is 2.06. The Morgan fingerprint density at radius 1 is 1.30 bits per heavy atom. The van der Waals surface area contributed by atoms with Crippen LogP contribution in [0.2, 0.25) is 0 Å². The van der Waals surface area contributed by atoms with E-state index in [9.17, 15) is 0 Å². The van der Waals surface area contributed by atoms with E-state index >= 15 is 0 Å². The molecule has 0 fully saturated rings. The number of anilines is 1. The first-order chi connectivity index (χ1) is 9.65. The quantitative estimate of drug-likeness (QED) is 0.797. The lowest BCUT2D eigenvalue weighted by atomic mass is 10.2. The van der Waals surface area contributed by atoms with Crippen LogP contribution < -0.4 is 5.32 Å². The monoisotopic (exact) mass is 330 g/mol. The van der Waals surface area contributed by atoms with Crippen LogP contribution in [0, 0.1) is 6.92 Å². The van der Waals surface area contributed by atoms with E-state index in [2.05, 4.69) is 56.5 Å². The fourth-order valence-corrected chi connectivity index (χ4v) is 2.53. The third-order valence-corrected chi connectivity index (χ3v) is 3.92. The molecule has 3 aromatic rings. The Labute approximate surface area is 126 Å². The average molecular weight is 331 g/mol. The zero-order chi connectivity index (χ0) is 14.1. The van der Waals surface area contributed by atoms with Gasteiger partial charge in [0.1, 0.15) is 0 Å². The van der Waals surface area contributed by atoms with E-state index in [1.807, 2.05) is 30.2 Å². The van der Waals surface area contributed by atoms with Crippen LogP contribution in [-0.4, -0.2) is 14.8 Å². The third kappa shape index (κ3) is 2.41. The van der Waals surface area contributed by atoms with Gasteiger partial charge in [-0.15, -0.1) is 0 Å². The molecule has 0 saturated heterocycles. The molecule has 2 heterocycles. The van der Waals surface area contributed by atoms with Crippen molar-refractivity contribution >= 4 is 32.5 Å². The SMILES string of the molecule is Cc1c(CNc2cccc3cc(Br)cnc23)cnn1C. The van der Waals surface area contributed by atoms with E-state index in [4.69, 9.17) is 0 Å². The number of nitrogens with zero attached hydrogens (tertiary/aromatic N) is 3. The van der Waals surface area contributed by atoms with E-state index in [1.54, 1.807) is 0 Å². The molecule has 1 N–H and O–H groups in total. The maximum atomic E-state index is 4.49. The summed E-state index contributed by atoms with van der Waals surface area (Å²) in [7, 11) is 1.95. The summed E-state index contributed by atoms with van der Waals surface area (Å²) >= 11 is 3.45. The molecule has 0 aliphatic rings. The van der Waals surface area contributed by atoms with Gasteiger partial charge < -0.3 is 5.32 Å². The Balaban J connectivity index is 1.89. The maximum absolute atomic E-state index is 4.49. The molecule has 0 aliphatic heterocycles. The Hall–Kier alpha value is -1.88. The first kappa shape index (κ1) is 13.1. The first-order valence-electron chi connectivity index (χ1n) is 6.41. The first-order valence-corrected chi connectivity index (χ1v) is 7.20. The molecule has 3 rings (SSSR count). The number of fused-ring (bicyclic) bond motifs is 1. The molecule has 4 nitrogen and oxygen atoms in total. The van der Waals surface area contributed by atoms with Crippen molar-refractivity contribution in [3.63, 3.8) is 0 Å². The van der Waals surface area contributed by atoms with Gasteiger partial charge in [0.15, 0.2) is 0 Å². The number of para-hydroxylation sites is 1. The highest BCUT2D eigenvalue weighted by Crippen LogP contribution is 2.24. The number of hydrogen-bond acceptors (Lipinski definition) is 3. The molecule has 5 heteroatoms. The fourth-order valence-electron chi connectivity index (χ4n) is 2.18. The second kappa shape index (κ2) is 5.25. The molecule has 0 radical (unpaired) electrons. The maximum Gasteiger partial charge on any atom is 0.0934 e. The van der Waals surface area contributed by atoms with Gasteiger partial charge in [-0.2, -0.15) is 5.10 Å². The summed E-state index contributed by atoms with van der Waals surface area (Å²) in [4.78, 5) is 4.49. The lowest BCUT2D eigenvalue weighted by Crippen LogP contribution is -2.02. The molecule has 0 atom stereocenters. The summed E-state index contributed by atoms with van der Waals surface area (Å²) in [6.45, 7) is 2.82. The Kier molecular flexibility index (Phi) is 3.44. The summed E-state index contributed by atoms with van der Waals surface area (Å²) in [6, 6.07) is 8.22.